The summed E-state index contributed by atoms with van der Waals surface area (Å²) in [6, 6.07) is 7.24. The average Bonchev–Trinajstić information content (AvgIpc) is 2.98. The fourth-order valence-electron chi connectivity index (χ4n) is 2.27. The van der Waals surface area contributed by atoms with Crippen molar-refractivity contribution in [2.24, 2.45) is 0 Å². The fourth-order valence-corrected chi connectivity index (χ4v) is 2.27. The van der Waals surface area contributed by atoms with E-state index in [1.807, 2.05) is 32.9 Å². The molecule has 2 aromatic rings. The summed E-state index contributed by atoms with van der Waals surface area (Å²) in [7, 11) is 1.60. The van der Waals surface area contributed by atoms with Gasteiger partial charge in [0.05, 0.1) is 13.2 Å². The smallest absolute Gasteiger partial charge is 0.259 e. The molecule has 0 unspecified atom stereocenters. The molecule has 2 heterocycles. The Balaban J connectivity index is 2.20. The van der Waals surface area contributed by atoms with Crippen LogP contribution in [0.5, 0.6) is 5.88 Å². The number of hydrogen-bond acceptors (Lipinski definition) is 5. The minimum Gasteiger partial charge on any atom is -0.475 e. The van der Waals surface area contributed by atoms with Crippen molar-refractivity contribution in [1.82, 2.24) is 9.88 Å². The molecular formula is C18H24N2O4. The van der Waals surface area contributed by atoms with Crippen molar-refractivity contribution < 1.29 is 18.7 Å². The highest BCUT2D eigenvalue weighted by Crippen LogP contribution is 2.20. The number of furan rings is 1. The molecule has 0 aromatic carbocycles. The van der Waals surface area contributed by atoms with Gasteiger partial charge in [0.1, 0.15) is 23.7 Å². The highest BCUT2D eigenvalue weighted by atomic mass is 16.5. The monoisotopic (exact) mass is 332 g/mol. The molecule has 0 aliphatic carbocycles. The third-order valence-electron chi connectivity index (χ3n) is 3.53. The fraction of sp³-hybridized carbons (Fsp3) is 0.444. The number of rotatable bonds is 8. The minimum atomic E-state index is -0.139. The molecule has 6 heteroatoms. The second-order valence-electron chi connectivity index (χ2n) is 5.74. The summed E-state index contributed by atoms with van der Waals surface area (Å²) in [5.41, 5.74) is 0.436. The van der Waals surface area contributed by atoms with Crippen LogP contribution < -0.4 is 4.74 Å². The molecular weight excluding hydrogens is 308 g/mol. The van der Waals surface area contributed by atoms with E-state index in [1.165, 1.54) is 0 Å². The summed E-state index contributed by atoms with van der Waals surface area (Å²) < 4.78 is 16.1. The second kappa shape index (κ2) is 8.49. The van der Waals surface area contributed by atoms with E-state index in [-0.39, 0.29) is 11.9 Å². The van der Waals surface area contributed by atoms with Crippen molar-refractivity contribution in [3.8, 4) is 5.88 Å². The summed E-state index contributed by atoms with van der Waals surface area (Å²) >= 11 is 0. The molecule has 0 radical (unpaired) electrons. The van der Waals surface area contributed by atoms with Gasteiger partial charge in [-0.15, -0.1) is 0 Å². The van der Waals surface area contributed by atoms with Crippen molar-refractivity contribution in [2.45, 2.75) is 33.4 Å². The number of nitrogens with zero attached hydrogens (tertiary/aromatic N) is 2. The van der Waals surface area contributed by atoms with E-state index in [0.717, 1.165) is 11.5 Å². The average molecular weight is 332 g/mol. The molecule has 0 aliphatic heterocycles. The molecule has 0 bridgehead atoms. The van der Waals surface area contributed by atoms with Crippen LogP contribution in [0, 0.1) is 6.92 Å². The number of aryl methyl sites for hydroxylation is 1. The summed E-state index contributed by atoms with van der Waals surface area (Å²) in [4.78, 5) is 18.9. The molecule has 24 heavy (non-hydrogen) atoms. The molecule has 0 saturated heterocycles. The Hall–Kier alpha value is -2.34. The van der Waals surface area contributed by atoms with Crippen LogP contribution in [0.3, 0.4) is 0 Å². The van der Waals surface area contributed by atoms with Gasteiger partial charge >= 0.3 is 0 Å². The van der Waals surface area contributed by atoms with Crippen LogP contribution in [0.15, 0.2) is 34.9 Å². The van der Waals surface area contributed by atoms with Gasteiger partial charge < -0.3 is 18.8 Å². The molecule has 2 aromatic heterocycles. The van der Waals surface area contributed by atoms with Gasteiger partial charge in [0, 0.05) is 19.3 Å². The molecule has 0 fully saturated rings. The summed E-state index contributed by atoms with van der Waals surface area (Å²) in [6.07, 6.45) is 1.61. The first kappa shape index (κ1) is 18.0. The van der Waals surface area contributed by atoms with E-state index in [9.17, 15) is 4.79 Å². The maximum atomic E-state index is 13.0. The van der Waals surface area contributed by atoms with E-state index < -0.39 is 0 Å². The zero-order valence-electron chi connectivity index (χ0n) is 14.6. The van der Waals surface area contributed by atoms with Gasteiger partial charge in [-0.2, -0.15) is 0 Å². The van der Waals surface area contributed by atoms with Gasteiger partial charge in [-0.3, -0.25) is 4.79 Å². The number of carbonyl (C=O) groups excluding carboxylic acids is 1. The number of pyridine rings is 1. The zero-order valence-corrected chi connectivity index (χ0v) is 14.6. The first-order valence-electron chi connectivity index (χ1n) is 7.96. The summed E-state index contributed by atoms with van der Waals surface area (Å²) in [6.45, 7) is 6.99. The normalized spacial score (nSPS) is 10.9. The van der Waals surface area contributed by atoms with Crippen molar-refractivity contribution in [3.05, 3.63) is 47.5 Å². The van der Waals surface area contributed by atoms with E-state index in [4.69, 9.17) is 13.9 Å². The third kappa shape index (κ3) is 4.58. The quantitative estimate of drug-likeness (QED) is 0.695. The van der Waals surface area contributed by atoms with Crippen molar-refractivity contribution in [2.75, 3.05) is 20.3 Å². The summed E-state index contributed by atoms with van der Waals surface area (Å²) in [5, 5.41) is 0. The number of ether oxygens (including phenoxy) is 2. The first-order chi connectivity index (χ1) is 11.5. The van der Waals surface area contributed by atoms with Gasteiger partial charge in [-0.1, -0.05) is 0 Å². The highest BCUT2D eigenvalue weighted by Gasteiger charge is 2.24. The Kier molecular flexibility index (Phi) is 6.37. The molecule has 0 atom stereocenters. The lowest BCUT2D eigenvalue weighted by Crippen LogP contribution is -2.36. The Morgan fingerprint density at radius 3 is 2.71 bits per heavy atom. The maximum absolute atomic E-state index is 13.0. The van der Waals surface area contributed by atoms with Crippen LogP contribution >= 0.6 is 0 Å². The number of amides is 1. The van der Waals surface area contributed by atoms with Crippen molar-refractivity contribution in [3.63, 3.8) is 0 Å². The lowest BCUT2D eigenvalue weighted by Gasteiger charge is -2.26. The number of carbonyl (C=O) groups is 1. The molecule has 1 amide bonds. The molecule has 0 aliphatic rings. The zero-order chi connectivity index (χ0) is 17.5. The predicted octanol–water partition coefficient (Wildman–Crippen LogP) is 3.06. The van der Waals surface area contributed by atoms with E-state index >= 15 is 0 Å². The van der Waals surface area contributed by atoms with Gasteiger partial charge in [-0.05, 0) is 45.0 Å². The van der Waals surface area contributed by atoms with Crippen LogP contribution in [0.1, 0.15) is 35.7 Å². The van der Waals surface area contributed by atoms with Crippen LogP contribution in [0.2, 0.25) is 0 Å². The molecule has 0 N–H and O–H groups in total. The molecule has 6 nitrogen and oxygen atoms in total. The summed E-state index contributed by atoms with van der Waals surface area (Å²) in [5.74, 6) is 1.76. The number of aromatic nitrogens is 1. The van der Waals surface area contributed by atoms with E-state index in [1.54, 1.807) is 30.3 Å². The number of hydrogen-bond donors (Lipinski definition) is 0. The molecule has 0 saturated carbocycles. The SMILES string of the molecule is COCCOc1ncccc1C(=O)N(Cc1ccc(C)o1)C(C)C. The van der Waals surface area contributed by atoms with Gasteiger partial charge in [0.2, 0.25) is 5.88 Å². The lowest BCUT2D eigenvalue weighted by atomic mass is 10.2. The van der Waals surface area contributed by atoms with Gasteiger partial charge in [0.25, 0.3) is 5.91 Å². The van der Waals surface area contributed by atoms with E-state index in [0.29, 0.717) is 31.2 Å². The largest absolute Gasteiger partial charge is 0.475 e. The van der Waals surface area contributed by atoms with Crippen LogP contribution in [0.25, 0.3) is 0 Å². The van der Waals surface area contributed by atoms with Crippen LogP contribution in [-0.2, 0) is 11.3 Å². The van der Waals surface area contributed by atoms with Gasteiger partial charge in [0.15, 0.2) is 0 Å². The van der Waals surface area contributed by atoms with Gasteiger partial charge in [-0.25, -0.2) is 4.98 Å². The maximum Gasteiger partial charge on any atom is 0.259 e. The van der Waals surface area contributed by atoms with Crippen LogP contribution in [-0.4, -0.2) is 42.2 Å². The Bertz CT molecular complexity index is 667. The highest BCUT2D eigenvalue weighted by molar-refractivity contribution is 5.96. The van der Waals surface area contributed by atoms with Crippen LogP contribution in [0.4, 0.5) is 0 Å². The lowest BCUT2D eigenvalue weighted by molar-refractivity contribution is 0.0667. The molecule has 130 valence electrons. The Morgan fingerprint density at radius 1 is 1.29 bits per heavy atom. The predicted molar refractivity (Wildman–Crippen MR) is 90.1 cm³/mol. The van der Waals surface area contributed by atoms with Crippen molar-refractivity contribution in [1.29, 1.82) is 0 Å². The Labute approximate surface area is 142 Å². The third-order valence-corrected chi connectivity index (χ3v) is 3.53. The Morgan fingerprint density at radius 2 is 2.08 bits per heavy atom. The number of methoxy groups -OCH3 is 1. The standard InChI is InChI=1S/C18H24N2O4/c1-13(2)20(12-15-8-7-14(3)24-15)18(21)16-6-5-9-19-17(16)23-11-10-22-4/h5-9,13H,10-12H2,1-4H3. The van der Waals surface area contributed by atoms with E-state index in [2.05, 4.69) is 4.98 Å². The minimum absolute atomic E-state index is 0.00920. The molecule has 0 spiro atoms. The first-order valence-corrected chi connectivity index (χ1v) is 7.96. The van der Waals surface area contributed by atoms with Crippen molar-refractivity contribution >= 4 is 5.91 Å². The topological polar surface area (TPSA) is 64.8 Å². The molecule has 2 rings (SSSR count). The second-order valence-corrected chi connectivity index (χ2v) is 5.74.